The first-order valence-electron chi connectivity index (χ1n) is 10.3. The number of aliphatic hydroxyl groups excluding tert-OH is 3. The van der Waals surface area contributed by atoms with E-state index in [0.29, 0.717) is 11.1 Å². The molecule has 0 amide bonds. The van der Waals surface area contributed by atoms with Crippen LogP contribution in [-0.2, 0) is 9.47 Å². The van der Waals surface area contributed by atoms with Crippen molar-refractivity contribution in [3.05, 3.63) is 48.5 Å². The van der Waals surface area contributed by atoms with E-state index in [-0.39, 0.29) is 6.54 Å². The summed E-state index contributed by atoms with van der Waals surface area (Å²) in [5.41, 5.74) is 1.61. The highest BCUT2D eigenvalue weighted by atomic mass is 32.1. The highest BCUT2D eigenvalue weighted by molar-refractivity contribution is 7.22. The van der Waals surface area contributed by atoms with Crippen molar-refractivity contribution in [2.45, 2.75) is 30.7 Å². The first-order valence-corrected chi connectivity index (χ1v) is 11.1. The van der Waals surface area contributed by atoms with Crippen LogP contribution in [0.2, 0.25) is 0 Å². The minimum absolute atomic E-state index is 0.0127. The first-order chi connectivity index (χ1) is 16.0. The van der Waals surface area contributed by atoms with E-state index >= 15 is 0 Å². The molecule has 0 aliphatic carbocycles. The smallest absolute Gasteiger partial charge is 0.202 e. The van der Waals surface area contributed by atoms with Crippen LogP contribution in [0, 0.1) is 0 Å². The van der Waals surface area contributed by atoms with Crippen LogP contribution in [0.5, 0.6) is 5.75 Å². The van der Waals surface area contributed by atoms with Crippen molar-refractivity contribution in [2.24, 2.45) is 4.99 Å². The number of ether oxygens (including phenoxy) is 3. The number of benzene rings is 2. The number of methoxy groups -OCH3 is 2. The van der Waals surface area contributed by atoms with E-state index in [9.17, 15) is 15.3 Å². The number of aliphatic imine (C=N–C) groups is 1. The fraction of sp³-hybridized carbons (Fsp3) is 0.364. The molecular weight excluding hydrogens is 448 g/mol. The number of fused-ring (bicyclic) bond motifs is 1. The average Bonchev–Trinajstić information content (AvgIpc) is 3.25. The average molecular weight is 475 g/mol. The van der Waals surface area contributed by atoms with Gasteiger partial charge in [0.05, 0.1) is 23.9 Å². The fourth-order valence-electron chi connectivity index (χ4n) is 3.39. The van der Waals surface area contributed by atoms with Crippen LogP contribution in [0.25, 0.3) is 10.2 Å². The molecule has 2 heterocycles. The van der Waals surface area contributed by atoms with Gasteiger partial charge in [0.1, 0.15) is 30.2 Å². The minimum Gasteiger partial charge on any atom is -0.497 e. The molecular formula is C22H26N4O6S. The van der Waals surface area contributed by atoms with Gasteiger partial charge in [0.25, 0.3) is 0 Å². The quantitative estimate of drug-likeness (QED) is 0.267. The fourth-order valence-corrected chi connectivity index (χ4v) is 4.26. The maximum absolute atomic E-state index is 10.3. The number of aromatic nitrogens is 1. The third-order valence-corrected chi connectivity index (χ3v) is 6.15. The lowest BCUT2D eigenvalue weighted by Crippen LogP contribution is -2.58. The second-order valence-electron chi connectivity index (χ2n) is 7.40. The zero-order valence-corrected chi connectivity index (χ0v) is 18.9. The summed E-state index contributed by atoms with van der Waals surface area (Å²) < 4.78 is 16.9. The van der Waals surface area contributed by atoms with E-state index in [0.717, 1.165) is 21.7 Å². The summed E-state index contributed by atoms with van der Waals surface area (Å²) in [6, 6.07) is 15.1. The summed E-state index contributed by atoms with van der Waals surface area (Å²) in [7, 11) is 2.95. The Bertz CT molecular complexity index is 1060. The van der Waals surface area contributed by atoms with E-state index in [4.69, 9.17) is 14.2 Å². The molecule has 0 bridgehead atoms. The topological polar surface area (TPSA) is 138 Å². The van der Waals surface area contributed by atoms with Crippen molar-refractivity contribution in [3.8, 4) is 5.75 Å². The Balaban J connectivity index is 1.55. The summed E-state index contributed by atoms with van der Waals surface area (Å²) in [6.07, 6.45) is -6.07. The number of rotatable bonds is 6. The standard InChI is InChI=1S/C22H26N4O6S/c1-30-13-9-7-12(8-10-13)24-21(26-22-25-14-5-3-4-6-16(14)33-22)23-11-15-17(27)18(28)19(29)20(31-2)32-15/h3-10,15,17-20,27-29H,11H2,1-2H3,(H2,23,24,25,26)/t15-,17-,18+,19-,20+/m1/s1. The molecule has 5 atom stereocenters. The summed E-state index contributed by atoms with van der Waals surface area (Å²) in [4.78, 5) is 9.10. The molecule has 0 spiro atoms. The second kappa shape index (κ2) is 10.4. The number of nitrogens with one attached hydrogen (secondary N) is 2. The van der Waals surface area contributed by atoms with Gasteiger partial charge in [0.2, 0.25) is 5.96 Å². The normalized spacial score (nSPS) is 25.7. The summed E-state index contributed by atoms with van der Waals surface area (Å²) in [5.74, 6) is 1.08. The van der Waals surface area contributed by atoms with E-state index < -0.39 is 30.7 Å². The number of hydrogen-bond acceptors (Lipinski definition) is 9. The Labute approximate surface area is 194 Å². The largest absolute Gasteiger partial charge is 0.497 e. The maximum atomic E-state index is 10.3. The lowest BCUT2D eigenvalue weighted by atomic mass is 9.99. The molecule has 2 aromatic carbocycles. The molecule has 1 aliphatic heterocycles. The number of nitrogens with zero attached hydrogens (tertiary/aromatic N) is 2. The third-order valence-electron chi connectivity index (χ3n) is 5.20. The molecule has 1 fully saturated rings. The first kappa shape index (κ1) is 23.4. The van der Waals surface area contributed by atoms with E-state index in [2.05, 4.69) is 20.6 Å². The van der Waals surface area contributed by atoms with E-state index in [1.54, 1.807) is 7.11 Å². The number of guanidine groups is 1. The predicted octanol–water partition coefficient (Wildman–Crippen LogP) is 1.64. The maximum Gasteiger partial charge on any atom is 0.202 e. The second-order valence-corrected chi connectivity index (χ2v) is 8.44. The molecule has 0 unspecified atom stereocenters. The third kappa shape index (κ3) is 5.41. The van der Waals surface area contributed by atoms with Gasteiger partial charge in [0, 0.05) is 12.8 Å². The Morgan fingerprint density at radius 3 is 2.48 bits per heavy atom. The zero-order chi connectivity index (χ0) is 23.4. The summed E-state index contributed by atoms with van der Waals surface area (Å²) in [5, 5.41) is 37.4. The van der Waals surface area contributed by atoms with Crippen LogP contribution in [0.1, 0.15) is 0 Å². The van der Waals surface area contributed by atoms with Crippen LogP contribution in [0.3, 0.4) is 0 Å². The molecule has 1 aromatic heterocycles. The SMILES string of the molecule is COc1ccc(NC(=NC[C@H]2O[C@H](OC)[C@H](O)[C@@H](O)[C@@H]2O)Nc2nc3ccccc3s2)cc1. The molecule has 1 saturated heterocycles. The van der Waals surface area contributed by atoms with Crippen LogP contribution >= 0.6 is 11.3 Å². The van der Waals surface area contributed by atoms with Crippen molar-refractivity contribution in [1.29, 1.82) is 0 Å². The van der Waals surface area contributed by atoms with Crippen molar-refractivity contribution in [1.82, 2.24) is 4.98 Å². The molecule has 4 rings (SSSR count). The van der Waals surface area contributed by atoms with E-state index in [1.165, 1.54) is 18.4 Å². The van der Waals surface area contributed by atoms with E-state index in [1.807, 2.05) is 48.5 Å². The van der Waals surface area contributed by atoms with Crippen molar-refractivity contribution in [2.75, 3.05) is 31.4 Å². The molecule has 0 radical (unpaired) electrons. The van der Waals surface area contributed by atoms with Gasteiger partial charge in [-0.2, -0.15) is 0 Å². The van der Waals surface area contributed by atoms with Crippen LogP contribution in [0.4, 0.5) is 10.8 Å². The molecule has 10 nitrogen and oxygen atoms in total. The number of thiazole rings is 1. The van der Waals surface area contributed by atoms with Gasteiger partial charge < -0.3 is 40.2 Å². The van der Waals surface area contributed by atoms with Gasteiger partial charge in [-0.15, -0.1) is 0 Å². The van der Waals surface area contributed by atoms with Gasteiger partial charge in [-0.05, 0) is 36.4 Å². The monoisotopic (exact) mass is 474 g/mol. The summed E-state index contributed by atoms with van der Waals surface area (Å²) >= 11 is 1.47. The Hall–Kier alpha value is -2.80. The highest BCUT2D eigenvalue weighted by Gasteiger charge is 2.43. The lowest BCUT2D eigenvalue weighted by molar-refractivity contribution is -0.287. The van der Waals surface area contributed by atoms with Crippen molar-refractivity contribution >= 4 is 38.3 Å². The minimum atomic E-state index is -1.42. The van der Waals surface area contributed by atoms with Gasteiger partial charge in [0.15, 0.2) is 11.4 Å². The van der Waals surface area contributed by atoms with Gasteiger partial charge in [-0.1, -0.05) is 23.5 Å². The predicted molar refractivity (Wildman–Crippen MR) is 126 cm³/mol. The number of aliphatic hydroxyl groups is 3. The van der Waals surface area contributed by atoms with Gasteiger partial charge >= 0.3 is 0 Å². The Kier molecular flexibility index (Phi) is 7.38. The Morgan fingerprint density at radius 1 is 1.03 bits per heavy atom. The molecule has 1 aliphatic rings. The van der Waals surface area contributed by atoms with Gasteiger partial charge in [-0.25, -0.2) is 9.98 Å². The molecule has 5 N–H and O–H groups in total. The highest BCUT2D eigenvalue weighted by Crippen LogP contribution is 2.26. The summed E-state index contributed by atoms with van der Waals surface area (Å²) in [6.45, 7) is -0.0127. The van der Waals surface area contributed by atoms with Crippen molar-refractivity contribution in [3.63, 3.8) is 0 Å². The zero-order valence-electron chi connectivity index (χ0n) is 18.1. The Morgan fingerprint density at radius 2 is 1.79 bits per heavy atom. The number of hydrogen-bond donors (Lipinski definition) is 5. The lowest BCUT2D eigenvalue weighted by Gasteiger charge is -2.39. The van der Waals surface area contributed by atoms with Crippen LogP contribution < -0.4 is 15.4 Å². The van der Waals surface area contributed by atoms with Crippen molar-refractivity contribution < 1.29 is 29.5 Å². The van der Waals surface area contributed by atoms with Gasteiger partial charge in [-0.3, -0.25) is 0 Å². The van der Waals surface area contributed by atoms with Crippen LogP contribution in [0.15, 0.2) is 53.5 Å². The van der Waals surface area contributed by atoms with Crippen LogP contribution in [-0.4, -0.2) is 77.7 Å². The molecule has 33 heavy (non-hydrogen) atoms. The number of anilines is 2. The number of para-hydroxylation sites is 1. The molecule has 0 saturated carbocycles. The molecule has 11 heteroatoms. The molecule has 176 valence electrons. The molecule has 3 aromatic rings.